The topological polar surface area (TPSA) is 101 Å². The first-order valence-corrected chi connectivity index (χ1v) is 5.65. The van der Waals surface area contributed by atoms with Crippen molar-refractivity contribution >= 4 is 11.9 Å². The van der Waals surface area contributed by atoms with Crippen LogP contribution in [0.5, 0.6) is 0 Å². The molecule has 0 aliphatic rings. The normalized spacial score (nSPS) is 12.3. The number of hydrogen-bond acceptors (Lipinski definition) is 4. The summed E-state index contributed by atoms with van der Waals surface area (Å²) in [5.74, 6) is -1.76. The van der Waals surface area contributed by atoms with Crippen LogP contribution in [0.1, 0.15) is 23.8 Å². The summed E-state index contributed by atoms with van der Waals surface area (Å²) in [5, 5.41) is 15.1. The highest BCUT2D eigenvalue weighted by molar-refractivity contribution is 5.94. The molecule has 7 heteroatoms. The monoisotopic (exact) mass is 265 g/mol. The van der Waals surface area contributed by atoms with Crippen LogP contribution >= 0.6 is 0 Å². The number of carboxylic acid groups (broad SMARTS) is 1. The molecule has 0 fully saturated rings. The third kappa shape index (κ3) is 4.06. The molecule has 0 aliphatic heterocycles. The number of hydrogen-bond donors (Lipinski definition) is 2. The average molecular weight is 265 g/mol. The summed E-state index contributed by atoms with van der Waals surface area (Å²) in [6.45, 7) is 1.76. The molecule has 0 saturated heterocycles. The van der Waals surface area contributed by atoms with Crippen molar-refractivity contribution in [2.24, 2.45) is 7.05 Å². The predicted octanol–water partition coefficient (Wildman–Crippen LogP) is -0.0705. The Hall–Kier alpha value is -2.44. The average Bonchev–Trinajstić information content (AvgIpc) is 2.37. The largest absolute Gasteiger partial charge is 0.480 e. The van der Waals surface area contributed by atoms with Crippen LogP contribution in [0, 0.1) is 0 Å². The Bertz CT molecular complexity index is 562. The number of aryl methyl sites for hydroxylation is 1. The van der Waals surface area contributed by atoms with Gasteiger partial charge in [-0.25, -0.2) is 9.48 Å². The van der Waals surface area contributed by atoms with Gasteiger partial charge in [-0.3, -0.25) is 9.59 Å². The lowest BCUT2D eigenvalue weighted by Gasteiger charge is -2.12. The summed E-state index contributed by atoms with van der Waals surface area (Å²) < 4.78 is 1.01. The van der Waals surface area contributed by atoms with Gasteiger partial charge in [0.25, 0.3) is 11.5 Å². The predicted molar refractivity (Wildman–Crippen MR) is 67.8 cm³/mol. The summed E-state index contributed by atoms with van der Waals surface area (Å²) in [6, 6.07) is 1.43. The molecule has 1 heterocycles. The summed E-state index contributed by atoms with van der Waals surface area (Å²) in [6.07, 6.45) is 3.53. The highest BCUT2D eigenvalue weighted by atomic mass is 16.4. The number of nitrogens with zero attached hydrogens (tertiary/aromatic N) is 2. The lowest BCUT2D eigenvalue weighted by Crippen LogP contribution is -2.41. The van der Waals surface area contributed by atoms with Gasteiger partial charge >= 0.3 is 5.97 Å². The van der Waals surface area contributed by atoms with Crippen LogP contribution in [0.3, 0.4) is 0 Å². The Balaban J connectivity index is 2.84. The van der Waals surface area contributed by atoms with E-state index >= 15 is 0 Å². The third-order valence-corrected chi connectivity index (χ3v) is 2.40. The molecule has 1 rings (SSSR count). The van der Waals surface area contributed by atoms with Gasteiger partial charge in [0.05, 0.1) is 0 Å². The van der Waals surface area contributed by atoms with Crippen molar-refractivity contribution in [1.82, 2.24) is 15.1 Å². The Morgan fingerprint density at radius 3 is 2.74 bits per heavy atom. The fourth-order valence-electron chi connectivity index (χ4n) is 1.35. The van der Waals surface area contributed by atoms with Gasteiger partial charge in [-0.05, 0) is 19.4 Å². The molecule has 0 aliphatic carbocycles. The Morgan fingerprint density at radius 2 is 2.21 bits per heavy atom. The molecule has 102 valence electrons. The minimum absolute atomic E-state index is 0.00571. The zero-order valence-corrected chi connectivity index (χ0v) is 10.7. The van der Waals surface area contributed by atoms with Gasteiger partial charge in [0, 0.05) is 13.1 Å². The number of allylic oxidation sites excluding steroid dienone is 1. The molecule has 7 nitrogen and oxygen atoms in total. The van der Waals surface area contributed by atoms with Crippen molar-refractivity contribution in [3.63, 3.8) is 0 Å². The van der Waals surface area contributed by atoms with Gasteiger partial charge in [0.15, 0.2) is 0 Å². The van der Waals surface area contributed by atoms with E-state index in [-0.39, 0.29) is 17.7 Å². The summed E-state index contributed by atoms with van der Waals surface area (Å²) in [5.41, 5.74) is -0.353. The van der Waals surface area contributed by atoms with E-state index < -0.39 is 17.9 Å². The van der Waals surface area contributed by atoms with Crippen LogP contribution in [0.15, 0.2) is 29.1 Å². The molecule has 1 atom stereocenters. The second kappa shape index (κ2) is 6.48. The molecule has 19 heavy (non-hydrogen) atoms. The summed E-state index contributed by atoms with van der Waals surface area (Å²) >= 11 is 0. The second-order valence-electron chi connectivity index (χ2n) is 3.85. The zero-order chi connectivity index (χ0) is 14.4. The van der Waals surface area contributed by atoms with Gasteiger partial charge in [0.1, 0.15) is 11.7 Å². The van der Waals surface area contributed by atoms with Gasteiger partial charge in [-0.15, -0.1) is 0 Å². The Kier molecular flexibility index (Phi) is 4.99. The number of carbonyl (C=O) groups excluding carboxylic acids is 1. The van der Waals surface area contributed by atoms with Crippen LogP contribution < -0.4 is 10.9 Å². The van der Waals surface area contributed by atoms with E-state index in [9.17, 15) is 14.4 Å². The molecule has 1 unspecified atom stereocenters. The fourth-order valence-corrected chi connectivity index (χ4v) is 1.35. The van der Waals surface area contributed by atoms with E-state index in [1.54, 1.807) is 19.1 Å². The highest BCUT2D eigenvalue weighted by Crippen LogP contribution is 1.98. The molecular weight excluding hydrogens is 250 g/mol. The van der Waals surface area contributed by atoms with E-state index in [4.69, 9.17) is 5.11 Å². The number of aliphatic carboxylic acids is 1. The first kappa shape index (κ1) is 14.6. The van der Waals surface area contributed by atoms with Gasteiger partial charge in [-0.1, -0.05) is 12.2 Å². The van der Waals surface area contributed by atoms with Crippen molar-refractivity contribution in [3.05, 3.63) is 40.3 Å². The number of nitrogens with one attached hydrogen (secondary N) is 1. The van der Waals surface area contributed by atoms with E-state index in [0.717, 1.165) is 4.68 Å². The van der Waals surface area contributed by atoms with Gasteiger partial charge < -0.3 is 10.4 Å². The quantitative estimate of drug-likeness (QED) is 0.726. The van der Waals surface area contributed by atoms with Crippen LogP contribution in [0.4, 0.5) is 0 Å². The van der Waals surface area contributed by atoms with Crippen molar-refractivity contribution in [2.45, 2.75) is 19.4 Å². The molecule has 0 radical (unpaired) electrons. The maximum absolute atomic E-state index is 11.8. The number of aromatic nitrogens is 2. The molecule has 1 amide bonds. The number of rotatable bonds is 5. The number of amides is 1. The molecule has 1 aromatic rings. The Labute approximate surface area is 109 Å². The zero-order valence-electron chi connectivity index (χ0n) is 10.7. The minimum Gasteiger partial charge on any atom is -0.480 e. The van der Waals surface area contributed by atoms with Crippen LogP contribution in [0.25, 0.3) is 0 Å². The second-order valence-corrected chi connectivity index (χ2v) is 3.85. The van der Waals surface area contributed by atoms with Gasteiger partial charge in [-0.2, -0.15) is 5.10 Å². The van der Waals surface area contributed by atoms with E-state index in [0.29, 0.717) is 0 Å². The standard InChI is InChI=1S/C12H15N3O4/c1-3-4-5-9(12(18)19)13-11(17)8-6-7-10(16)15(2)14-8/h3-4,6-7,9H,5H2,1-2H3,(H,13,17)(H,18,19)/b4-3+. The van der Waals surface area contributed by atoms with Crippen LogP contribution in [0.2, 0.25) is 0 Å². The first-order valence-electron chi connectivity index (χ1n) is 5.65. The minimum atomic E-state index is -1.13. The summed E-state index contributed by atoms with van der Waals surface area (Å²) in [7, 11) is 1.41. The van der Waals surface area contributed by atoms with E-state index in [2.05, 4.69) is 10.4 Å². The fraction of sp³-hybridized carbons (Fsp3) is 0.333. The summed E-state index contributed by atoms with van der Waals surface area (Å²) in [4.78, 5) is 33.9. The smallest absolute Gasteiger partial charge is 0.326 e. The maximum atomic E-state index is 11.8. The highest BCUT2D eigenvalue weighted by Gasteiger charge is 2.20. The number of carboxylic acids is 1. The Morgan fingerprint density at radius 1 is 1.53 bits per heavy atom. The molecule has 0 spiro atoms. The molecular formula is C12H15N3O4. The lowest BCUT2D eigenvalue weighted by molar-refractivity contribution is -0.139. The van der Waals surface area contributed by atoms with Crippen LogP contribution in [-0.2, 0) is 11.8 Å². The lowest BCUT2D eigenvalue weighted by atomic mass is 10.2. The molecule has 0 bridgehead atoms. The SMILES string of the molecule is C/C=C/CC(NC(=O)c1ccc(=O)n(C)n1)C(=O)O. The van der Waals surface area contributed by atoms with Crippen molar-refractivity contribution in [3.8, 4) is 0 Å². The molecule has 1 aromatic heterocycles. The number of carbonyl (C=O) groups is 2. The van der Waals surface area contributed by atoms with Crippen LogP contribution in [-0.4, -0.2) is 32.8 Å². The molecule has 0 saturated carbocycles. The first-order chi connectivity index (χ1) is 8.95. The van der Waals surface area contributed by atoms with Crippen molar-refractivity contribution in [1.29, 1.82) is 0 Å². The van der Waals surface area contributed by atoms with E-state index in [1.807, 2.05) is 0 Å². The molecule has 2 N–H and O–H groups in total. The van der Waals surface area contributed by atoms with Crippen molar-refractivity contribution in [2.75, 3.05) is 0 Å². The van der Waals surface area contributed by atoms with Crippen molar-refractivity contribution < 1.29 is 14.7 Å². The van der Waals surface area contributed by atoms with Gasteiger partial charge in [0.2, 0.25) is 0 Å². The molecule has 0 aromatic carbocycles. The third-order valence-electron chi connectivity index (χ3n) is 2.40. The van der Waals surface area contributed by atoms with E-state index in [1.165, 1.54) is 19.2 Å². The maximum Gasteiger partial charge on any atom is 0.326 e.